The lowest BCUT2D eigenvalue weighted by Gasteiger charge is -2.11. The zero-order valence-electron chi connectivity index (χ0n) is 17.0. The fourth-order valence-corrected chi connectivity index (χ4v) is 3.76. The van der Waals surface area contributed by atoms with Crippen molar-refractivity contribution in [3.63, 3.8) is 0 Å². The largest absolute Gasteiger partial charge is 0.487 e. The Morgan fingerprint density at radius 1 is 1.31 bits per heavy atom. The van der Waals surface area contributed by atoms with Crippen LogP contribution in [-0.2, 0) is 6.61 Å². The smallest absolute Gasteiger partial charge is 0.280 e. The van der Waals surface area contributed by atoms with Gasteiger partial charge in [0.15, 0.2) is 10.8 Å². The minimum Gasteiger partial charge on any atom is -0.487 e. The Kier molecular flexibility index (Phi) is 7.98. The van der Waals surface area contributed by atoms with Gasteiger partial charge in [0.25, 0.3) is 5.91 Å². The number of nitrogens with one attached hydrogen (secondary N) is 4. The molecule has 2 aromatic carbocycles. The van der Waals surface area contributed by atoms with E-state index in [9.17, 15) is 9.18 Å². The van der Waals surface area contributed by atoms with E-state index < -0.39 is 5.91 Å². The van der Waals surface area contributed by atoms with Crippen molar-refractivity contribution in [2.75, 3.05) is 30.8 Å². The second-order valence-electron chi connectivity index (χ2n) is 6.49. The molecule has 32 heavy (non-hydrogen) atoms. The summed E-state index contributed by atoms with van der Waals surface area (Å²) in [4.78, 5) is 16.3. The molecule has 0 spiro atoms. The second kappa shape index (κ2) is 10.9. The molecule has 0 radical (unpaired) electrons. The molecule has 168 valence electrons. The first-order chi connectivity index (χ1) is 15.4. The summed E-state index contributed by atoms with van der Waals surface area (Å²) in [6, 6.07) is 11.0. The molecule has 0 aliphatic carbocycles. The molecule has 0 fully saturated rings. The van der Waals surface area contributed by atoms with Crippen molar-refractivity contribution in [3.8, 4) is 5.75 Å². The number of benzene rings is 2. The Morgan fingerprint density at radius 2 is 2.12 bits per heavy atom. The number of thiazole rings is 1. The number of ether oxygens (including phenoxy) is 1. The van der Waals surface area contributed by atoms with E-state index in [1.165, 1.54) is 12.1 Å². The van der Waals surface area contributed by atoms with E-state index in [2.05, 4.69) is 20.9 Å². The van der Waals surface area contributed by atoms with Crippen LogP contribution in [0.15, 0.2) is 42.5 Å². The minimum absolute atomic E-state index is 0.0312. The van der Waals surface area contributed by atoms with Gasteiger partial charge in [-0.2, -0.15) is 0 Å². The van der Waals surface area contributed by atoms with Crippen LogP contribution in [0.1, 0.15) is 21.1 Å². The van der Waals surface area contributed by atoms with Gasteiger partial charge in [-0.05, 0) is 35.9 Å². The van der Waals surface area contributed by atoms with Gasteiger partial charge in [-0.3, -0.25) is 10.2 Å². The first kappa shape index (κ1) is 23.5. The van der Waals surface area contributed by atoms with Gasteiger partial charge < -0.3 is 25.8 Å². The highest BCUT2D eigenvalue weighted by atomic mass is 35.5. The number of nitrogens with zero attached hydrogens (tertiary/aromatic N) is 1. The Labute approximate surface area is 192 Å². The third-order valence-corrected chi connectivity index (χ3v) is 5.53. The highest BCUT2D eigenvalue weighted by Crippen LogP contribution is 2.30. The summed E-state index contributed by atoms with van der Waals surface area (Å²) in [5.41, 5.74) is 1.47. The van der Waals surface area contributed by atoms with Gasteiger partial charge in [0.1, 0.15) is 28.9 Å². The first-order valence-corrected chi connectivity index (χ1v) is 10.7. The van der Waals surface area contributed by atoms with Gasteiger partial charge >= 0.3 is 0 Å². The Balaban J connectivity index is 1.68. The monoisotopic (exact) mass is 477 g/mol. The number of anilines is 2. The number of carbonyl (C=O) groups excluding carboxylic acids is 1. The van der Waals surface area contributed by atoms with Gasteiger partial charge in [-0.1, -0.05) is 35.1 Å². The van der Waals surface area contributed by atoms with Gasteiger partial charge in [-0.15, -0.1) is 0 Å². The normalized spacial score (nSPS) is 10.5. The molecule has 0 atom stereocenters. The number of amides is 1. The molecule has 1 amide bonds. The summed E-state index contributed by atoms with van der Waals surface area (Å²) in [5, 5.41) is 26.6. The van der Waals surface area contributed by atoms with Crippen LogP contribution in [0.5, 0.6) is 5.75 Å². The topological polar surface area (TPSA) is 119 Å². The van der Waals surface area contributed by atoms with Crippen LogP contribution in [0.3, 0.4) is 0 Å². The number of amidine groups is 1. The van der Waals surface area contributed by atoms with E-state index >= 15 is 0 Å². The van der Waals surface area contributed by atoms with E-state index in [0.29, 0.717) is 27.0 Å². The standard InChI is InChI=1S/C21H21ClFN5O3S/c1-25-20-17(28-21(32-20)19(30)26-7-8-29)18(24)27-14-5-6-16(15(22)10-14)31-11-12-3-2-4-13(23)9-12/h2-6,9-10,25,29H,7-8,11H2,1H3,(H2,24,27)(H,26,30). The maximum absolute atomic E-state index is 13.3. The molecule has 1 heterocycles. The van der Waals surface area contributed by atoms with E-state index in [0.717, 1.165) is 11.3 Å². The Hall–Kier alpha value is -3.21. The first-order valence-electron chi connectivity index (χ1n) is 9.51. The predicted octanol–water partition coefficient (Wildman–Crippen LogP) is 3.72. The number of rotatable bonds is 9. The van der Waals surface area contributed by atoms with Gasteiger partial charge in [-0.25, -0.2) is 9.37 Å². The molecule has 5 N–H and O–H groups in total. The summed E-state index contributed by atoms with van der Waals surface area (Å²) in [6.45, 7) is 0.0962. The van der Waals surface area contributed by atoms with Crippen LogP contribution < -0.4 is 20.7 Å². The third kappa shape index (κ3) is 5.94. The van der Waals surface area contributed by atoms with E-state index in [4.69, 9.17) is 26.9 Å². The third-order valence-electron chi connectivity index (χ3n) is 4.17. The Morgan fingerprint density at radius 3 is 2.81 bits per heavy atom. The molecule has 3 rings (SSSR count). The summed E-state index contributed by atoms with van der Waals surface area (Å²) < 4.78 is 18.9. The summed E-state index contributed by atoms with van der Waals surface area (Å²) in [6.07, 6.45) is 0. The number of halogens is 2. The lowest BCUT2D eigenvalue weighted by Crippen LogP contribution is -2.26. The second-order valence-corrected chi connectivity index (χ2v) is 7.90. The van der Waals surface area contributed by atoms with Crippen LogP contribution in [-0.4, -0.2) is 42.0 Å². The van der Waals surface area contributed by atoms with Gasteiger partial charge in [0.05, 0.1) is 11.6 Å². The molecule has 3 aromatic rings. The van der Waals surface area contributed by atoms with Crippen LogP contribution in [0.2, 0.25) is 5.02 Å². The van der Waals surface area contributed by atoms with Crippen molar-refractivity contribution in [2.24, 2.45) is 0 Å². The van der Waals surface area contributed by atoms with Crippen LogP contribution in [0.25, 0.3) is 0 Å². The molecule has 0 bridgehead atoms. The summed E-state index contributed by atoms with van der Waals surface area (Å²) >= 11 is 7.40. The zero-order chi connectivity index (χ0) is 23.1. The van der Waals surface area contributed by atoms with Crippen LogP contribution in [0, 0.1) is 11.2 Å². The Bertz CT molecular complexity index is 1120. The van der Waals surface area contributed by atoms with Crippen molar-refractivity contribution >= 4 is 45.4 Å². The number of aliphatic hydroxyl groups excluding tert-OH is 1. The maximum atomic E-state index is 13.3. The van der Waals surface area contributed by atoms with Crippen molar-refractivity contribution in [2.45, 2.75) is 6.61 Å². The number of carbonyl (C=O) groups is 1. The molecule has 11 heteroatoms. The maximum Gasteiger partial charge on any atom is 0.280 e. The van der Waals surface area contributed by atoms with E-state index in [1.54, 1.807) is 37.4 Å². The highest BCUT2D eigenvalue weighted by molar-refractivity contribution is 7.18. The molecule has 0 saturated heterocycles. The van der Waals surface area contributed by atoms with E-state index in [1.807, 2.05) is 0 Å². The average molecular weight is 478 g/mol. The van der Waals surface area contributed by atoms with E-state index in [-0.39, 0.29) is 42.1 Å². The molecule has 0 aliphatic rings. The van der Waals surface area contributed by atoms with Crippen molar-refractivity contribution in [1.29, 1.82) is 5.41 Å². The molecule has 0 unspecified atom stereocenters. The fourth-order valence-electron chi connectivity index (χ4n) is 2.69. The summed E-state index contributed by atoms with van der Waals surface area (Å²) in [5.74, 6) is -0.383. The molecule has 1 aromatic heterocycles. The van der Waals surface area contributed by atoms with Crippen molar-refractivity contribution in [1.82, 2.24) is 10.3 Å². The predicted molar refractivity (Wildman–Crippen MR) is 124 cm³/mol. The minimum atomic E-state index is -0.428. The molecular weight excluding hydrogens is 457 g/mol. The van der Waals surface area contributed by atoms with Crippen LogP contribution >= 0.6 is 22.9 Å². The molecular formula is C21H21ClFN5O3S. The lowest BCUT2D eigenvalue weighted by molar-refractivity contribution is 0.0944. The zero-order valence-corrected chi connectivity index (χ0v) is 18.6. The van der Waals surface area contributed by atoms with Gasteiger partial charge in [0.2, 0.25) is 0 Å². The van der Waals surface area contributed by atoms with Crippen molar-refractivity contribution in [3.05, 3.63) is 69.6 Å². The van der Waals surface area contributed by atoms with Gasteiger partial charge in [0, 0.05) is 19.3 Å². The number of aromatic nitrogens is 1. The number of hydrogen-bond donors (Lipinski definition) is 5. The SMILES string of the molecule is CNc1sc(C(=O)NCCO)nc1C(=N)Nc1ccc(OCc2cccc(F)c2)c(Cl)c1. The highest BCUT2D eigenvalue weighted by Gasteiger charge is 2.19. The molecule has 0 saturated carbocycles. The molecule has 0 aliphatic heterocycles. The fraction of sp³-hybridized carbons (Fsp3) is 0.190. The lowest BCUT2D eigenvalue weighted by atomic mass is 10.2. The van der Waals surface area contributed by atoms with Crippen LogP contribution in [0.4, 0.5) is 15.1 Å². The number of hydrogen-bond acceptors (Lipinski definition) is 7. The quantitative estimate of drug-likeness (QED) is 0.237. The average Bonchev–Trinajstić information content (AvgIpc) is 3.22. The number of aliphatic hydroxyl groups is 1. The summed E-state index contributed by atoms with van der Waals surface area (Å²) in [7, 11) is 1.67. The molecule has 8 nitrogen and oxygen atoms in total. The van der Waals surface area contributed by atoms with Crippen molar-refractivity contribution < 1.29 is 19.0 Å².